The first-order valence-electron chi connectivity index (χ1n) is 17.9. The fourth-order valence-electron chi connectivity index (χ4n) is 8.66. The van der Waals surface area contributed by atoms with Crippen LogP contribution in [0.3, 0.4) is 0 Å². The van der Waals surface area contributed by atoms with Crippen molar-refractivity contribution in [1.82, 2.24) is 0 Å². The van der Waals surface area contributed by atoms with Crippen molar-refractivity contribution in [2.75, 3.05) is 6.61 Å². The largest absolute Gasteiger partial charge is 0.469 e. The molecule has 5 rings (SSSR count). The number of Topliss-reactive ketones (excluding diaryl/α,β-unsaturated/α-hetero) is 1. The van der Waals surface area contributed by atoms with E-state index in [0.29, 0.717) is 24.7 Å². The molecule has 1 aromatic heterocycles. The second-order valence-electron chi connectivity index (χ2n) is 16.5. The molecule has 0 radical (unpaired) electrons. The second-order valence-corrected chi connectivity index (χ2v) is 25.3. The lowest BCUT2D eigenvalue weighted by Crippen LogP contribution is -2.67. The van der Waals surface area contributed by atoms with E-state index in [1.807, 2.05) is 6.07 Å². The van der Waals surface area contributed by atoms with Crippen LogP contribution in [0.1, 0.15) is 65.2 Å². The molecular weight excluding hydrogens is 629 g/mol. The number of aryl methyl sites for hydroxylation is 2. The Morgan fingerprint density at radius 2 is 1.60 bits per heavy atom. The van der Waals surface area contributed by atoms with Gasteiger partial charge in [0.15, 0.2) is 14.1 Å². The molecule has 48 heavy (non-hydrogen) atoms. The van der Waals surface area contributed by atoms with Gasteiger partial charge in [0.25, 0.3) is 8.32 Å². The number of hydrogen-bond donors (Lipinski definition) is 0. The fraction of sp³-hybridized carbons (Fsp3) is 0.537. The quantitative estimate of drug-likeness (QED) is 0.133. The zero-order valence-electron chi connectivity index (χ0n) is 30.8. The Hall–Kier alpha value is -2.56. The van der Waals surface area contributed by atoms with E-state index in [2.05, 4.69) is 135 Å². The molecule has 0 unspecified atom stereocenters. The molecule has 1 saturated carbocycles. The minimum absolute atomic E-state index is 0.108. The number of rotatable bonds is 13. The molecule has 1 aliphatic carbocycles. The van der Waals surface area contributed by atoms with Gasteiger partial charge in [-0.2, -0.15) is 0 Å². The maximum Gasteiger partial charge on any atom is 0.261 e. The Balaban J connectivity index is 1.56. The first-order chi connectivity index (χ1) is 22.6. The molecule has 2 aromatic carbocycles. The van der Waals surface area contributed by atoms with E-state index in [0.717, 1.165) is 24.2 Å². The van der Waals surface area contributed by atoms with Crippen molar-refractivity contribution in [3.63, 3.8) is 0 Å². The highest BCUT2D eigenvalue weighted by Gasteiger charge is 2.60. The molecule has 5 nitrogen and oxygen atoms in total. The molecule has 0 N–H and O–H groups in total. The van der Waals surface area contributed by atoms with Gasteiger partial charge in [0.05, 0.1) is 30.5 Å². The molecule has 2 fully saturated rings. The molecule has 0 spiro atoms. The summed E-state index contributed by atoms with van der Waals surface area (Å²) in [4.78, 5) is 15.1. The van der Waals surface area contributed by atoms with Crippen LogP contribution < -0.4 is 10.4 Å². The maximum atomic E-state index is 15.1. The van der Waals surface area contributed by atoms with Gasteiger partial charge in [0.2, 0.25) is 0 Å². The third-order valence-corrected chi connectivity index (χ3v) is 17.0. The normalized spacial score (nSPS) is 27.4. The van der Waals surface area contributed by atoms with Crippen molar-refractivity contribution in [2.45, 2.75) is 110 Å². The van der Waals surface area contributed by atoms with E-state index in [4.69, 9.17) is 18.0 Å². The predicted molar refractivity (Wildman–Crippen MR) is 201 cm³/mol. The van der Waals surface area contributed by atoms with Gasteiger partial charge in [0.1, 0.15) is 11.9 Å². The smallest absolute Gasteiger partial charge is 0.261 e. The van der Waals surface area contributed by atoms with E-state index in [-0.39, 0.29) is 29.5 Å². The second kappa shape index (κ2) is 14.4. The van der Waals surface area contributed by atoms with E-state index in [1.165, 1.54) is 10.4 Å². The molecule has 1 saturated heterocycles. The lowest BCUT2D eigenvalue weighted by atomic mass is 9.71. The third-order valence-electron chi connectivity index (χ3n) is 11.0. The van der Waals surface area contributed by atoms with Gasteiger partial charge in [-0.1, -0.05) is 94.4 Å². The van der Waals surface area contributed by atoms with Crippen molar-refractivity contribution in [2.24, 2.45) is 23.7 Å². The molecule has 0 amide bonds. The summed E-state index contributed by atoms with van der Waals surface area (Å²) in [5.74, 6) is 1.55. The van der Waals surface area contributed by atoms with Crippen LogP contribution in [-0.2, 0) is 24.8 Å². The average molecular weight is 687 g/mol. The van der Waals surface area contributed by atoms with Gasteiger partial charge in [-0.05, 0) is 97.5 Å². The van der Waals surface area contributed by atoms with E-state index in [1.54, 1.807) is 6.26 Å². The van der Waals surface area contributed by atoms with Crippen LogP contribution in [0.25, 0.3) is 0 Å². The number of carbonyl (C=O) groups excluding carboxylic acids is 1. The molecule has 7 heteroatoms. The summed E-state index contributed by atoms with van der Waals surface area (Å²) < 4.78 is 27.4. The average Bonchev–Trinajstić information content (AvgIpc) is 3.69. The number of hydrogen-bond acceptors (Lipinski definition) is 5. The SMILES string of the molecule is C=C[C@@H]1CC[C@H](C)[C@H]1[C@H](O[Si](C)(C)C)[C@@H]1C(=O)[C@@H](CO[Si](c2ccccc2)(c2ccccc2)C(C)(C)C)O[C@@]1(C)CCc1occc1C. The van der Waals surface area contributed by atoms with Crippen molar-refractivity contribution in [3.05, 3.63) is 97.0 Å². The molecule has 260 valence electrons. The van der Waals surface area contributed by atoms with Gasteiger partial charge in [-0.25, -0.2) is 0 Å². The fourth-order valence-corrected chi connectivity index (χ4v) is 14.3. The molecule has 7 atom stereocenters. The standard InChI is InChI=1S/C41H58O5Si2/c1-11-31-23-22-30(3)36(31)39(46-47(8,9)10)37-38(42)35(45-41(37,7)26-24-34-29(2)25-27-43-34)28-44-48(40(4,5)6,32-18-14-12-15-19-32)33-20-16-13-17-21-33/h11-21,25,27,30-31,35-37,39H,1,22-24,26,28H2,2-10H3/t30-,31+,35+,36+,37-,39-,41-/m0/s1. The summed E-state index contributed by atoms with van der Waals surface area (Å²) in [6, 6.07) is 23.2. The predicted octanol–water partition coefficient (Wildman–Crippen LogP) is 8.51. The first kappa shape index (κ1) is 36.7. The Kier molecular flexibility index (Phi) is 11.0. The van der Waals surface area contributed by atoms with Crippen LogP contribution in [-0.4, -0.2) is 46.8 Å². The van der Waals surface area contributed by atoms with Crippen molar-refractivity contribution in [3.8, 4) is 0 Å². The summed E-state index contributed by atoms with van der Waals surface area (Å²) in [5.41, 5.74) is 0.366. The number of furan rings is 1. The molecule has 2 aliphatic rings. The van der Waals surface area contributed by atoms with Gasteiger partial charge in [0, 0.05) is 6.42 Å². The first-order valence-corrected chi connectivity index (χ1v) is 23.2. The Morgan fingerprint density at radius 3 is 2.10 bits per heavy atom. The number of carbonyl (C=O) groups is 1. The number of allylic oxidation sites excluding steroid dienone is 1. The summed E-state index contributed by atoms with van der Waals surface area (Å²) in [5, 5.41) is 2.17. The topological polar surface area (TPSA) is 57.9 Å². The van der Waals surface area contributed by atoms with Crippen molar-refractivity contribution in [1.29, 1.82) is 0 Å². The van der Waals surface area contributed by atoms with Crippen molar-refractivity contribution >= 4 is 32.8 Å². The molecule has 1 aliphatic heterocycles. The zero-order chi connectivity index (χ0) is 34.9. The maximum absolute atomic E-state index is 15.1. The minimum atomic E-state index is -2.89. The molecular formula is C41H58O5Si2. The van der Waals surface area contributed by atoms with Crippen LogP contribution in [0.5, 0.6) is 0 Å². The Bertz CT molecular complexity index is 1480. The Labute approximate surface area is 291 Å². The summed E-state index contributed by atoms with van der Waals surface area (Å²) in [7, 11) is -4.96. The van der Waals surface area contributed by atoms with E-state index in [9.17, 15) is 0 Å². The molecule has 3 aromatic rings. The summed E-state index contributed by atoms with van der Waals surface area (Å²) in [6.45, 7) is 24.5. The monoisotopic (exact) mass is 686 g/mol. The zero-order valence-corrected chi connectivity index (χ0v) is 32.8. The number of ether oxygens (including phenoxy) is 1. The van der Waals surface area contributed by atoms with E-state index < -0.39 is 34.3 Å². The molecule has 2 heterocycles. The van der Waals surface area contributed by atoms with Crippen LogP contribution in [0, 0.1) is 30.6 Å². The highest BCUT2D eigenvalue weighted by atomic mass is 28.4. The van der Waals surface area contributed by atoms with E-state index >= 15 is 4.79 Å². The molecule has 0 bridgehead atoms. The summed E-state index contributed by atoms with van der Waals surface area (Å²) >= 11 is 0. The Morgan fingerprint density at radius 1 is 1.00 bits per heavy atom. The number of benzene rings is 2. The van der Waals surface area contributed by atoms with Crippen LogP contribution in [0.4, 0.5) is 0 Å². The number of ketones is 1. The van der Waals surface area contributed by atoms with Crippen LogP contribution >= 0.6 is 0 Å². The van der Waals surface area contributed by atoms with Crippen LogP contribution in [0.2, 0.25) is 24.7 Å². The minimum Gasteiger partial charge on any atom is -0.469 e. The third kappa shape index (κ3) is 7.31. The highest BCUT2D eigenvalue weighted by molar-refractivity contribution is 6.99. The van der Waals surface area contributed by atoms with Crippen molar-refractivity contribution < 1.29 is 22.8 Å². The van der Waals surface area contributed by atoms with Gasteiger partial charge >= 0.3 is 0 Å². The highest BCUT2D eigenvalue weighted by Crippen LogP contribution is 2.50. The van der Waals surface area contributed by atoms with Gasteiger partial charge in [-0.3, -0.25) is 4.79 Å². The van der Waals surface area contributed by atoms with Gasteiger partial charge < -0.3 is 18.0 Å². The summed E-state index contributed by atoms with van der Waals surface area (Å²) in [6.07, 6.45) is 6.41. The van der Waals surface area contributed by atoms with Crippen LogP contribution in [0.15, 0.2) is 90.1 Å². The van der Waals surface area contributed by atoms with Gasteiger partial charge in [-0.15, -0.1) is 6.58 Å². The lowest BCUT2D eigenvalue weighted by Gasteiger charge is -2.43. The lowest BCUT2D eigenvalue weighted by molar-refractivity contribution is -0.128.